The van der Waals surface area contributed by atoms with Gasteiger partial charge in [0.25, 0.3) is 0 Å². The first-order chi connectivity index (χ1) is 7.54. The van der Waals surface area contributed by atoms with E-state index in [4.69, 9.17) is 11.5 Å². The van der Waals surface area contributed by atoms with Crippen LogP contribution in [0.5, 0.6) is 0 Å². The van der Waals surface area contributed by atoms with Gasteiger partial charge in [0.1, 0.15) is 6.04 Å². The number of aliphatic carboxylic acids is 1. The molecule has 88 valence electrons. The van der Waals surface area contributed by atoms with Gasteiger partial charge in [-0.15, -0.1) is 6.42 Å². The molecule has 0 bridgehead atoms. The summed E-state index contributed by atoms with van der Waals surface area (Å²) < 4.78 is 0. The molecule has 6 heteroatoms. The molecular weight excluding hydrogens is 212 g/mol. The third-order valence-electron chi connectivity index (χ3n) is 2.40. The van der Waals surface area contributed by atoms with Crippen LogP contribution in [0.3, 0.4) is 0 Å². The van der Waals surface area contributed by atoms with Crippen LogP contribution in [0, 0.1) is 12.3 Å². The smallest absolute Gasteiger partial charge is 0.321 e. The molecule has 6 nitrogen and oxygen atoms in total. The molecule has 1 rings (SSSR count). The molecule has 1 amide bonds. The van der Waals surface area contributed by atoms with E-state index in [1.165, 1.54) is 4.90 Å². The predicted molar refractivity (Wildman–Crippen MR) is 55.5 cm³/mol. The first-order valence-corrected chi connectivity index (χ1v) is 4.89. The van der Waals surface area contributed by atoms with Crippen LogP contribution < -0.4 is 5.32 Å². The van der Waals surface area contributed by atoms with Crippen LogP contribution in [0.25, 0.3) is 0 Å². The van der Waals surface area contributed by atoms with E-state index in [1.807, 2.05) is 0 Å². The number of likely N-dealkylation sites (tertiary alicyclic amines) is 1. The first-order valence-electron chi connectivity index (χ1n) is 4.89. The van der Waals surface area contributed by atoms with Gasteiger partial charge in [-0.2, -0.15) is 0 Å². The van der Waals surface area contributed by atoms with Gasteiger partial charge in [-0.25, -0.2) is 0 Å². The van der Waals surface area contributed by atoms with Crippen molar-refractivity contribution < 1.29 is 19.8 Å². The number of terminal acetylenes is 1. The quantitative estimate of drug-likeness (QED) is 0.495. The minimum absolute atomic E-state index is 0.0598. The Morgan fingerprint density at radius 3 is 2.81 bits per heavy atom. The summed E-state index contributed by atoms with van der Waals surface area (Å²) >= 11 is 0. The van der Waals surface area contributed by atoms with Crippen molar-refractivity contribution >= 4 is 11.9 Å². The van der Waals surface area contributed by atoms with E-state index in [2.05, 4.69) is 11.2 Å². The molecule has 1 heterocycles. The maximum absolute atomic E-state index is 11.3. The number of amides is 1. The van der Waals surface area contributed by atoms with Gasteiger partial charge < -0.3 is 15.5 Å². The Labute approximate surface area is 93.2 Å². The lowest BCUT2D eigenvalue weighted by Crippen LogP contribution is -2.43. The van der Waals surface area contributed by atoms with Crippen molar-refractivity contribution in [1.82, 2.24) is 10.2 Å². The average molecular weight is 226 g/mol. The number of nitrogens with one attached hydrogen (secondary N) is 1. The number of carboxylic acids is 1. The molecule has 16 heavy (non-hydrogen) atoms. The van der Waals surface area contributed by atoms with Crippen molar-refractivity contribution in [3.8, 4) is 12.3 Å². The van der Waals surface area contributed by atoms with Crippen LogP contribution in [-0.2, 0) is 9.59 Å². The van der Waals surface area contributed by atoms with Gasteiger partial charge in [-0.3, -0.25) is 14.5 Å². The molecule has 0 aromatic heterocycles. The Morgan fingerprint density at radius 2 is 2.25 bits per heavy atom. The summed E-state index contributed by atoms with van der Waals surface area (Å²) in [6.45, 7) is 0.253. The van der Waals surface area contributed by atoms with Crippen molar-refractivity contribution in [2.45, 2.75) is 18.6 Å². The molecule has 1 fully saturated rings. The zero-order valence-corrected chi connectivity index (χ0v) is 8.72. The Hall–Kier alpha value is -1.58. The molecule has 0 radical (unpaired) electrons. The topological polar surface area (TPSA) is 89.9 Å². The van der Waals surface area contributed by atoms with Gasteiger partial charge in [0.2, 0.25) is 5.91 Å². The maximum atomic E-state index is 11.3. The normalized spacial score (nSPS) is 25.0. The van der Waals surface area contributed by atoms with Crippen LogP contribution in [0.4, 0.5) is 0 Å². The lowest BCUT2D eigenvalue weighted by atomic mass is 10.2. The van der Waals surface area contributed by atoms with Crippen LogP contribution in [0.1, 0.15) is 6.42 Å². The third-order valence-corrected chi connectivity index (χ3v) is 2.40. The minimum atomic E-state index is -1.03. The Kier molecular flexibility index (Phi) is 4.28. The number of carbonyl (C=O) groups is 2. The second-order valence-electron chi connectivity index (χ2n) is 3.65. The van der Waals surface area contributed by atoms with Crippen LogP contribution >= 0.6 is 0 Å². The van der Waals surface area contributed by atoms with Crippen molar-refractivity contribution in [1.29, 1.82) is 0 Å². The summed E-state index contributed by atoms with van der Waals surface area (Å²) in [7, 11) is 0. The first kappa shape index (κ1) is 12.5. The number of rotatable bonds is 4. The number of hydrogen-bond donors (Lipinski definition) is 3. The summed E-state index contributed by atoms with van der Waals surface area (Å²) in [4.78, 5) is 23.6. The summed E-state index contributed by atoms with van der Waals surface area (Å²) in [5.74, 6) is 0.889. The average Bonchev–Trinajstić information content (AvgIpc) is 2.56. The Balaban J connectivity index is 2.49. The Morgan fingerprint density at radius 1 is 1.56 bits per heavy atom. The molecule has 1 aliphatic rings. The fourth-order valence-corrected chi connectivity index (χ4v) is 1.70. The summed E-state index contributed by atoms with van der Waals surface area (Å²) in [6, 6.07) is -0.799. The van der Waals surface area contributed by atoms with E-state index in [0.717, 1.165) is 0 Å². The lowest BCUT2D eigenvalue weighted by molar-refractivity contribution is -0.142. The fourth-order valence-electron chi connectivity index (χ4n) is 1.70. The summed E-state index contributed by atoms with van der Waals surface area (Å²) in [5.41, 5.74) is 0. The van der Waals surface area contributed by atoms with Gasteiger partial charge in [0.15, 0.2) is 0 Å². The molecule has 3 N–H and O–H groups in total. The van der Waals surface area contributed by atoms with Crippen LogP contribution in [0.2, 0.25) is 0 Å². The monoisotopic (exact) mass is 226 g/mol. The lowest BCUT2D eigenvalue weighted by Gasteiger charge is -2.19. The molecule has 0 aromatic carbocycles. The summed E-state index contributed by atoms with van der Waals surface area (Å²) in [5, 5.41) is 20.7. The zero-order chi connectivity index (χ0) is 12.1. The number of nitrogens with zero attached hydrogens (tertiary/aromatic N) is 1. The van der Waals surface area contributed by atoms with E-state index < -0.39 is 18.1 Å². The SMILES string of the molecule is C#CCNC(=O)CN1CC(O)CC1C(=O)O. The molecule has 0 aliphatic carbocycles. The highest BCUT2D eigenvalue weighted by atomic mass is 16.4. The molecular formula is C10H14N2O4. The molecule has 2 unspecified atom stereocenters. The highest BCUT2D eigenvalue weighted by Gasteiger charge is 2.36. The molecule has 1 saturated heterocycles. The largest absolute Gasteiger partial charge is 0.480 e. The molecule has 2 atom stereocenters. The Bertz CT molecular complexity index is 323. The number of β-amino-alcohol motifs (C(OH)–C–C–N with tert-alkyl or cyclic N) is 1. The number of hydrogen-bond acceptors (Lipinski definition) is 4. The number of carboxylic acid groups (broad SMARTS) is 1. The van der Waals surface area contributed by atoms with E-state index in [0.29, 0.717) is 0 Å². The van der Waals surface area contributed by atoms with Crippen molar-refractivity contribution in [2.24, 2.45) is 0 Å². The third kappa shape index (κ3) is 3.22. The molecule has 0 saturated carbocycles. The predicted octanol–water partition coefficient (Wildman–Crippen LogP) is -1.74. The van der Waals surface area contributed by atoms with Crippen LogP contribution in [0.15, 0.2) is 0 Å². The van der Waals surface area contributed by atoms with E-state index in [9.17, 15) is 14.7 Å². The summed E-state index contributed by atoms with van der Waals surface area (Å²) in [6.07, 6.45) is 4.43. The minimum Gasteiger partial charge on any atom is -0.480 e. The zero-order valence-electron chi connectivity index (χ0n) is 8.72. The second-order valence-corrected chi connectivity index (χ2v) is 3.65. The standard InChI is InChI=1S/C10H14N2O4/c1-2-3-11-9(14)6-12-5-7(13)4-8(12)10(15)16/h1,7-8,13H,3-6H2,(H,11,14)(H,15,16). The molecule has 0 spiro atoms. The maximum Gasteiger partial charge on any atom is 0.321 e. The number of aliphatic hydroxyl groups is 1. The molecule has 1 aliphatic heterocycles. The van der Waals surface area contributed by atoms with Crippen molar-refractivity contribution in [2.75, 3.05) is 19.6 Å². The highest BCUT2D eigenvalue weighted by Crippen LogP contribution is 2.17. The van der Waals surface area contributed by atoms with E-state index in [1.54, 1.807) is 0 Å². The number of carbonyl (C=O) groups excluding carboxylic acids is 1. The van der Waals surface area contributed by atoms with Gasteiger partial charge in [-0.05, 0) is 0 Å². The highest BCUT2D eigenvalue weighted by molar-refractivity contribution is 5.80. The van der Waals surface area contributed by atoms with Gasteiger partial charge in [0.05, 0.1) is 19.2 Å². The second kappa shape index (κ2) is 5.49. The van der Waals surface area contributed by atoms with Crippen molar-refractivity contribution in [3.63, 3.8) is 0 Å². The van der Waals surface area contributed by atoms with Gasteiger partial charge in [0, 0.05) is 13.0 Å². The molecule has 0 aromatic rings. The van der Waals surface area contributed by atoms with Crippen molar-refractivity contribution in [3.05, 3.63) is 0 Å². The van der Waals surface area contributed by atoms with Crippen LogP contribution in [-0.4, -0.2) is 58.8 Å². The van der Waals surface area contributed by atoms with E-state index >= 15 is 0 Å². The fraction of sp³-hybridized carbons (Fsp3) is 0.600. The van der Waals surface area contributed by atoms with Gasteiger partial charge in [-0.1, -0.05) is 5.92 Å². The number of aliphatic hydroxyl groups excluding tert-OH is 1. The van der Waals surface area contributed by atoms with E-state index in [-0.39, 0.29) is 32.0 Å². The van der Waals surface area contributed by atoms with Gasteiger partial charge >= 0.3 is 5.97 Å².